The molecule has 3 aromatic rings. The van der Waals surface area contributed by atoms with Crippen molar-refractivity contribution >= 4 is 27.4 Å². The smallest absolute Gasteiger partial charge is 0.242 e. The number of hydrogen-bond acceptors (Lipinski definition) is 5. The van der Waals surface area contributed by atoms with Crippen LogP contribution in [0.15, 0.2) is 42.6 Å². The van der Waals surface area contributed by atoms with Crippen molar-refractivity contribution < 1.29 is 8.42 Å². The van der Waals surface area contributed by atoms with Crippen LogP contribution in [-0.2, 0) is 16.6 Å². The third-order valence-electron chi connectivity index (χ3n) is 4.56. The second kappa shape index (κ2) is 8.43. The predicted molar refractivity (Wildman–Crippen MR) is 117 cm³/mol. The third-order valence-corrected chi connectivity index (χ3v) is 7.10. The maximum Gasteiger partial charge on any atom is 0.242 e. The van der Waals surface area contributed by atoms with Crippen LogP contribution >= 0.6 is 11.3 Å². The summed E-state index contributed by atoms with van der Waals surface area (Å²) in [6, 6.07) is 9.65. The zero-order chi connectivity index (χ0) is 20.3. The first-order chi connectivity index (χ1) is 13.3. The minimum absolute atomic E-state index is 0.0731. The van der Waals surface area contributed by atoms with Crippen molar-refractivity contribution in [1.29, 1.82) is 0 Å². The van der Waals surface area contributed by atoms with E-state index in [4.69, 9.17) is 0 Å². The molecule has 0 aliphatic heterocycles. The molecule has 0 radical (unpaired) electrons. The molecule has 7 heteroatoms. The minimum atomic E-state index is -3.55. The SMILES string of the molecule is CNCc1cn(S(=O)(=O)CC=Cc2sc(C)nc2C)c(-c2ccccc2)c1C. The van der Waals surface area contributed by atoms with Crippen molar-refractivity contribution in [2.75, 3.05) is 12.8 Å². The van der Waals surface area contributed by atoms with Crippen LogP contribution in [0, 0.1) is 20.8 Å². The summed E-state index contributed by atoms with van der Waals surface area (Å²) in [4.78, 5) is 5.38. The van der Waals surface area contributed by atoms with Gasteiger partial charge in [-0.3, -0.25) is 0 Å². The highest BCUT2D eigenvalue weighted by molar-refractivity contribution is 7.90. The molecule has 0 unspecified atom stereocenters. The lowest BCUT2D eigenvalue weighted by atomic mass is 10.1. The van der Waals surface area contributed by atoms with E-state index in [-0.39, 0.29) is 5.75 Å². The zero-order valence-electron chi connectivity index (χ0n) is 16.6. The lowest BCUT2D eigenvalue weighted by Crippen LogP contribution is -2.16. The summed E-state index contributed by atoms with van der Waals surface area (Å²) in [5.41, 5.74) is 4.49. The lowest BCUT2D eigenvalue weighted by molar-refractivity contribution is 0.591. The van der Waals surface area contributed by atoms with E-state index in [1.54, 1.807) is 23.6 Å². The molecule has 0 amide bonds. The largest absolute Gasteiger partial charge is 0.316 e. The van der Waals surface area contributed by atoms with Crippen molar-refractivity contribution in [2.45, 2.75) is 27.3 Å². The molecule has 2 aromatic heterocycles. The average Bonchev–Trinajstić information content (AvgIpc) is 3.15. The van der Waals surface area contributed by atoms with Gasteiger partial charge >= 0.3 is 0 Å². The van der Waals surface area contributed by atoms with Gasteiger partial charge in [-0.05, 0) is 50.6 Å². The summed E-state index contributed by atoms with van der Waals surface area (Å²) in [5.74, 6) is -0.0731. The van der Waals surface area contributed by atoms with Crippen LogP contribution in [0.2, 0.25) is 0 Å². The maximum atomic E-state index is 13.2. The van der Waals surface area contributed by atoms with Crippen LogP contribution in [-0.4, -0.2) is 30.2 Å². The van der Waals surface area contributed by atoms with Crippen LogP contribution < -0.4 is 5.32 Å². The molecule has 0 saturated heterocycles. The summed E-state index contributed by atoms with van der Waals surface area (Å²) in [6.07, 6.45) is 5.29. The number of hydrogen-bond donors (Lipinski definition) is 1. The Hall–Kier alpha value is -2.22. The highest BCUT2D eigenvalue weighted by Crippen LogP contribution is 2.29. The van der Waals surface area contributed by atoms with E-state index in [2.05, 4.69) is 10.3 Å². The quantitative estimate of drug-likeness (QED) is 0.630. The molecule has 5 nitrogen and oxygen atoms in total. The fraction of sp³-hybridized carbons (Fsp3) is 0.286. The Bertz CT molecular complexity index is 1090. The molecule has 0 spiro atoms. The first-order valence-corrected chi connectivity index (χ1v) is 11.5. The van der Waals surface area contributed by atoms with Crippen LogP contribution in [0.25, 0.3) is 17.3 Å². The molecule has 3 rings (SSSR count). The normalized spacial score (nSPS) is 12.1. The molecule has 28 heavy (non-hydrogen) atoms. The van der Waals surface area contributed by atoms with E-state index in [0.29, 0.717) is 6.54 Å². The topological polar surface area (TPSA) is 64.0 Å². The maximum absolute atomic E-state index is 13.2. The third kappa shape index (κ3) is 4.27. The van der Waals surface area contributed by atoms with Crippen molar-refractivity contribution in [3.63, 3.8) is 0 Å². The number of benzene rings is 1. The first-order valence-electron chi connectivity index (χ1n) is 9.08. The zero-order valence-corrected chi connectivity index (χ0v) is 18.2. The number of thiazole rings is 1. The molecule has 0 aliphatic rings. The van der Waals surface area contributed by atoms with Crippen molar-refractivity contribution in [1.82, 2.24) is 14.3 Å². The van der Waals surface area contributed by atoms with Gasteiger partial charge in [0.25, 0.3) is 0 Å². The van der Waals surface area contributed by atoms with Crippen molar-refractivity contribution in [2.24, 2.45) is 0 Å². The van der Waals surface area contributed by atoms with Gasteiger partial charge in [0.1, 0.15) is 0 Å². The van der Waals surface area contributed by atoms with E-state index in [0.717, 1.165) is 38.0 Å². The Morgan fingerprint density at radius 3 is 2.50 bits per heavy atom. The van der Waals surface area contributed by atoms with Gasteiger partial charge in [-0.25, -0.2) is 17.4 Å². The Kier molecular flexibility index (Phi) is 6.17. The average molecular weight is 416 g/mol. The van der Waals surface area contributed by atoms with Gasteiger partial charge in [-0.2, -0.15) is 0 Å². The molecular weight excluding hydrogens is 390 g/mol. The number of nitrogens with one attached hydrogen (secondary N) is 1. The van der Waals surface area contributed by atoms with Gasteiger partial charge in [-0.1, -0.05) is 36.4 Å². The van der Waals surface area contributed by atoms with Gasteiger partial charge in [-0.15, -0.1) is 11.3 Å². The van der Waals surface area contributed by atoms with E-state index in [1.165, 1.54) is 3.97 Å². The molecule has 0 fully saturated rings. The summed E-state index contributed by atoms with van der Waals surface area (Å²) in [6.45, 7) is 6.47. The summed E-state index contributed by atoms with van der Waals surface area (Å²) in [7, 11) is -1.69. The lowest BCUT2D eigenvalue weighted by Gasteiger charge is -2.10. The van der Waals surface area contributed by atoms with Crippen LogP contribution in [0.5, 0.6) is 0 Å². The molecular formula is C21H25N3O2S2. The number of rotatable bonds is 7. The van der Waals surface area contributed by atoms with E-state index >= 15 is 0 Å². The Morgan fingerprint density at radius 2 is 1.89 bits per heavy atom. The Morgan fingerprint density at radius 1 is 1.18 bits per heavy atom. The Labute approximate surface area is 170 Å². The van der Waals surface area contributed by atoms with Crippen LogP contribution in [0.4, 0.5) is 0 Å². The second-order valence-electron chi connectivity index (χ2n) is 6.68. The summed E-state index contributed by atoms with van der Waals surface area (Å²) in [5, 5.41) is 4.09. The highest BCUT2D eigenvalue weighted by atomic mass is 32.2. The molecule has 148 valence electrons. The van der Waals surface area contributed by atoms with Crippen molar-refractivity contribution in [3.8, 4) is 11.3 Å². The number of nitrogens with zero attached hydrogens (tertiary/aromatic N) is 2. The van der Waals surface area contributed by atoms with Gasteiger partial charge in [0, 0.05) is 17.6 Å². The molecule has 2 heterocycles. The van der Waals surface area contributed by atoms with E-state index in [9.17, 15) is 8.42 Å². The second-order valence-corrected chi connectivity index (χ2v) is 9.81. The molecule has 0 saturated carbocycles. The summed E-state index contributed by atoms with van der Waals surface area (Å²) >= 11 is 1.57. The predicted octanol–water partition coefficient (Wildman–Crippen LogP) is 4.15. The fourth-order valence-electron chi connectivity index (χ4n) is 3.21. The minimum Gasteiger partial charge on any atom is -0.316 e. The first kappa shape index (κ1) is 20.5. The molecule has 0 aliphatic carbocycles. The molecule has 0 bridgehead atoms. The van der Waals surface area contributed by atoms with Gasteiger partial charge in [0.2, 0.25) is 10.0 Å². The van der Waals surface area contributed by atoms with Crippen LogP contribution in [0.1, 0.15) is 26.7 Å². The standard InChI is InChI=1S/C21H25N3O2S2/c1-15-19(13-22-4)14-24(21(15)18-9-6-5-7-10-18)28(25,26)12-8-11-20-16(2)23-17(3)27-20/h5-11,14,22H,12-13H2,1-4H3. The van der Waals surface area contributed by atoms with Gasteiger partial charge in [0.05, 0.1) is 22.1 Å². The number of aromatic nitrogens is 2. The monoisotopic (exact) mass is 415 g/mol. The van der Waals surface area contributed by atoms with E-state index < -0.39 is 10.0 Å². The van der Waals surface area contributed by atoms with Gasteiger partial charge in [0.15, 0.2) is 0 Å². The molecule has 1 aromatic carbocycles. The Balaban J connectivity index is 1.98. The van der Waals surface area contributed by atoms with E-state index in [1.807, 2.05) is 64.2 Å². The highest BCUT2D eigenvalue weighted by Gasteiger charge is 2.21. The van der Waals surface area contributed by atoms with Crippen LogP contribution in [0.3, 0.4) is 0 Å². The fourth-order valence-corrected chi connectivity index (χ4v) is 5.37. The van der Waals surface area contributed by atoms with Gasteiger partial charge < -0.3 is 5.32 Å². The molecule has 1 N–H and O–H groups in total. The summed E-state index contributed by atoms with van der Waals surface area (Å²) < 4.78 is 27.7. The van der Waals surface area contributed by atoms with Crippen molar-refractivity contribution in [3.05, 3.63) is 69.3 Å². The molecule has 0 atom stereocenters. The number of aryl methyl sites for hydroxylation is 2.